The second-order valence-corrected chi connectivity index (χ2v) is 4.06. The Hall–Kier alpha value is -0.630. The smallest absolute Gasteiger partial charge is 0.432 e. The molecule has 12 heavy (non-hydrogen) atoms. The highest BCUT2D eigenvalue weighted by atomic mass is 127. The molecule has 2 aromatic heterocycles. The zero-order valence-electron chi connectivity index (χ0n) is 5.69. The van der Waals surface area contributed by atoms with Crippen LogP contribution < -0.4 is 0 Å². The van der Waals surface area contributed by atoms with Gasteiger partial charge in [0.25, 0.3) is 0 Å². The van der Waals surface area contributed by atoms with E-state index in [1.54, 1.807) is 6.07 Å². The number of halogens is 1. The molecule has 0 radical (unpaired) electrons. The summed E-state index contributed by atoms with van der Waals surface area (Å²) >= 11 is 3.52. The third-order valence-corrected chi connectivity index (χ3v) is 3.46. The van der Waals surface area contributed by atoms with Crippen LogP contribution >= 0.6 is 33.9 Å². The average Bonchev–Trinajstić information content (AvgIpc) is 2.53. The second-order valence-electron chi connectivity index (χ2n) is 2.12. The normalized spacial score (nSPS) is 10.8. The summed E-state index contributed by atoms with van der Waals surface area (Å²) in [4.78, 5) is 10.6. The van der Waals surface area contributed by atoms with E-state index >= 15 is 0 Å². The van der Waals surface area contributed by atoms with Crippen LogP contribution in [-0.4, -0.2) is 21.0 Å². The summed E-state index contributed by atoms with van der Waals surface area (Å²) in [6.45, 7) is 0. The zero-order chi connectivity index (χ0) is 8.72. The predicted molar refractivity (Wildman–Crippen MR) is 53.7 cm³/mol. The van der Waals surface area contributed by atoms with E-state index in [0.717, 1.165) is 13.1 Å². The van der Waals surface area contributed by atoms with Crippen LogP contribution in [0.2, 0.25) is 0 Å². The van der Waals surface area contributed by atoms with E-state index in [2.05, 4.69) is 5.10 Å². The number of rotatable bonds is 0. The number of hydrogen-bond acceptors (Lipinski definition) is 3. The highest BCUT2D eigenvalue weighted by Crippen LogP contribution is 2.25. The van der Waals surface area contributed by atoms with E-state index in [1.807, 2.05) is 28.0 Å². The molecule has 0 spiro atoms. The first-order chi connectivity index (χ1) is 5.70. The molecule has 2 heterocycles. The summed E-state index contributed by atoms with van der Waals surface area (Å²) in [6, 6.07) is 1.75. The lowest BCUT2D eigenvalue weighted by Crippen LogP contribution is -2.09. The maximum atomic E-state index is 10.6. The summed E-state index contributed by atoms with van der Waals surface area (Å²) in [5, 5.41) is 14.4. The number of aromatic nitrogens is 2. The van der Waals surface area contributed by atoms with Crippen LogP contribution in [0.25, 0.3) is 10.2 Å². The summed E-state index contributed by atoms with van der Waals surface area (Å²) in [5.74, 6) is 0. The van der Waals surface area contributed by atoms with Gasteiger partial charge in [-0.15, -0.1) is 11.3 Å². The number of carbonyl (C=O) groups is 1. The van der Waals surface area contributed by atoms with Crippen molar-refractivity contribution in [2.24, 2.45) is 0 Å². The number of nitrogens with zero attached hydrogens (tertiary/aromatic N) is 2. The number of thiophene rings is 1. The van der Waals surface area contributed by atoms with Crippen LogP contribution in [0.5, 0.6) is 0 Å². The van der Waals surface area contributed by atoms with Gasteiger partial charge in [-0.05, 0) is 34.0 Å². The Morgan fingerprint density at radius 3 is 3.17 bits per heavy atom. The van der Waals surface area contributed by atoms with Gasteiger partial charge in [0.15, 0.2) is 0 Å². The summed E-state index contributed by atoms with van der Waals surface area (Å²) < 4.78 is 2.66. The molecule has 0 aliphatic heterocycles. The first kappa shape index (κ1) is 7.99. The van der Waals surface area contributed by atoms with Gasteiger partial charge in [0.05, 0.1) is 10.2 Å². The SMILES string of the molecule is O=C(O)n1nc(I)c2sccc21. The third-order valence-electron chi connectivity index (χ3n) is 1.43. The van der Waals surface area contributed by atoms with Crippen molar-refractivity contribution in [1.29, 1.82) is 0 Å². The van der Waals surface area contributed by atoms with Crippen molar-refractivity contribution < 1.29 is 9.90 Å². The van der Waals surface area contributed by atoms with E-state index in [9.17, 15) is 4.79 Å². The molecule has 2 aromatic rings. The Labute approximate surface area is 84.9 Å². The van der Waals surface area contributed by atoms with Crippen LogP contribution in [-0.2, 0) is 0 Å². The van der Waals surface area contributed by atoms with Crippen LogP contribution in [0.3, 0.4) is 0 Å². The third kappa shape index (κ3) is 1.02. The fourth-order valence-electron chi connectivity index (χ4n) is 0.957. The Balaban J connectivity index is 2.83. The lowest BCUT2D eigenvalue weighted by Gasteiger charge is -1.89. The number of fused-ring (bicyclic) bond motifs is 1. The minimum Gasteiger partial charge on any atom is -0.463 e. The van der Waals surface area contributed by atoms with Crippen molar-refractivity contribution in [3.63, 3.8) is 0 Å². The molecular weight excluding hydrogens is 291 g/mol. The van der Waals surface area contributed by atoms with E-state index in [4.69, 9.17) is 5.11 Å². The van der Waals surface area contributed by atoms with Gasteiger partial charge < -0.3 is 5.11 Å². The van der Waals surface area contributed by atoms with Gasteiger partial charge in [-0.2, -0.15) is 9.78 Å². The molecule has 0 aromatic carbocycles. The van der Waals surface area contributed by atoms with E-state index < -0.39 is 6.09 Å². The van der Waals surface area contributed by atoms with Gasteiger partial charge in [-0.1, -0.05) is 0 Å². The maximum Gasteiger partial charge on any atom is 0.432 e. The molecule has 0 bridgehead atoms. The van der Waals surface area contributed by atoms with Gasteiger partial charge in [-0.3, -0.25) is 0 Å². The molecule has 0 amide bonds. The summed E-state index contributed by atoms with van der Waals surface area (Å²) in [6.07, 6.45) is -1.04. The van der Waals surface area contributed by atoms with Crippen molar-refractivity contribution in [2.45, 2.75) is 0 Å². The van der Waals surface area contributed by atoms with E-state index in [0.29, 0.717) is 5.52 Å². The molecule has 0 saturated heterocycles. The Kier molecular flexibility index (Phi) is 1.80. The first-order valence-corrected chi connectivity index (χ1v) is 5.01. The second kappa shape index (κ2) is 2.70. The van der Waals surface area contributed by atoms with Gasteiger partial charge in [0.2, 0.25) is 0 Å². The van der Waals surface area contributed by atoms with Crippen LogP contribution in [0.4, 0.5) is 4.79 Å². The van der Waals surface area contributed by atoms with Gasteiger partial charge in [-0.25, -0.2) is 4.79 Å². The minimum absolute atomic E-state index is 0.664. The zero-order valence-corrected chi connectivity index (χ0v) is 8.66. The molecule has 0 unspecified atom stereocenters. The Morgan fingerprint density at radius 2 is 2.50 bits per heavy atom. The monoisotopic (exact) mass is 294 g/mol. The lowest BCUT2D eigenvalue weighted by atomic mass is 10.5. The fraction of sp³-hybridized carbons (Fsp3) is 0. The predicted octanol–water partition coefficient (Wildman–Crippen LogP) is 2.23. The molecule has 6 heteroatoms. The standard InChI is InChI=1S/C6H3IN2O2S/c7-5-4-3(1-2-12-4)9(8-5)6(10)11/h1-2H,(H,10,11). The Bertz CT molecular complexity index is 447. The average molecular weight is 294 g/mol. The number of hydrogen-bond donors (Lipinski definition) is 1. The van der Waals surface area contributed by atoms with Crippen LogP contribution in [0.1, 0.15) is 0 Å². The van der Waals surface area contributed by atoms with Gasteiger partial charge in [0, 0.05) is 0 Å². The van der Waals surface area contributed by atoms with E-state index in [-0.39, 0.29) is 0 Å². The first-order valence-electron chi connectivity index (χ1n) is 3.05. The fourth-order valence-corrected chi connectivity index (χ4v) is 2.58. The molecule has 0 aliphatic rings. The van der Waals surface area contributed by atoms with Crippen molar-refractivity contribution in [3.05, 3.63) is 15.1 Å². The van der Waals surface area contributed by atoms with Gasteiger partial charge in [0.1, 0.15) is 3.70 Å². The summed E-state index contributed by atoms with van der Waals surface area (Å²) in [7, 11) is 0. The molecular formula is C6H3IN2O2S. The van der Waals surface area contributed by atoms with Crippen LogP contribution in [0.15, 0.2) is 11.4 Å². The van der Waals surface area contributed by atoms with Crippen molar-refractivity contribution in [3.8, 4) is 0 Å². The molecule has 0 aliphatic carbocycles. The molecule has 62 valence electrons. The number of carboxylic acid groups (broad SMARTS) is 1. The molecule has 1 N–H and O–H groups in total. The van der Waals surface area contributed by atoms with Gasteiger partial charge >= 0.3 is 6.09 Å². The highest BCUT2D eigenvalue weighted by molar-refractivity contribution is 14.1. The van der Waals surface area contributed by atoms with Crippen molar-refractivity contribution in [1.82, 2.24) is 9.78 Å². The van der Waals surface area contributed by atoms with Crippen molar-refractivity contribution >= 4 is 50.2 Å². The topological polar surface area (TPSA) is 55.1 Å². The maximum absolute atomic E-state index is 10.6. The quantitative estimate of drug-likeness (QED) is 0.758. The molecule has 0 fully saturated rings. The van der Waals surface area contributed by atoms with E-state index in [1.165, 1.54) is 11.3 Å². The molecule has 2 rings (SSSR count). The summed E-state index contributed by atoms with van der Waals surface area (Å²) in [5.41, 5.74) is 0.664. The highest BCUT2D eigenvalue weighted by Gasteiger charge is 2.13. The Morgan fingerprint density at radius 1 is 1.75 bits per heavy atom. The lowest BCUT2D eigenvalue weighted by molar-refractivity contribution is 0.194. The van der Waals surface area contributed by atoms with Crippen LogP contribution in [0, 0.1) is 3.70 Å². The molecule has 4 nitrogen and oxygen atoms in total. The molecule has 0 saturated carbocycles. The largest absolute Gasteiger partial charge is 0.463 e. The minimum atomic E-state index is -1.04. The molecule has 0 atom stereocenters. The van der Waals surface area contributed by atoms with Crippen molar-refractivity contribution in [2.75, 3.05) is 0 Å².